The van der Waals surface area contributed by atoms with Gasteiger partial charge in [0.25, 0.3) is 0 Å². The van der Waals surface area contributed by atoms with Crippen molar-refractivity contribution in [1.29, 1.82) is 0 Å². The van der Waals surface area contributed by atoms with Crippen LogP contribution in [0.3, 0.4) is 0 Å². The first kappa shape index (κ1) is 21.5. The Kier molecular flexibility index (Phi) is 4.75. The summed E-state index contributed by atoms with van der Waals surface area (Å²) in [4.78, 5) is 27.9. The summed E-state index contributed by atoms with van der Waals surface area (Å²) in [5.74, 6) is -1.71. The fourth-order valence-corrected chi connectivity index (χ4v) is 5.11. The molecule has 2 aromatic carbocycles. The molecule has 0 bridgehead atoms. The van der Waals surface area contributed by atoms with E-state index in [2.05, 4.69) is 5.10 Å². The van der Waals surface area contributed by atoms with Crippen LogP contribution >= 0.6 is 11.6 Å². The SMILES string of the molecule is COc1cc(OC)c2c(c1Cl)O[C@]1(C2=O)C(=O)c2c(nn(C)c2-c2ccccc2F)C[C@H]1C. The molecule has 170 valence electrons. The average molecular weight is 471 g/mol. The Morgan fingerprint density at radius 2 is 1.82 bits per heavy atom. The molecule has 7 nitrogen and oxygen atoms in total. The fraction of sp³-hybridized carbons (Fsp3) is 0.292. The highest BCUT2D eigenvalue weighted by Crippen LogP contribution is 2.54. The topological polar surface area (TPSA) is 79.7 Å². The quantitative estimate of drug-likeness (QED) is 0.531. The molecule has 0 saturated carbocycles. The standard InChI is InChI=1S/C24H20ClFN2O5/c1-11-9-14-17(20(28(2)27-14)12-7-5-6-8-13(12)26)22(29)24(11)23(30)18-15(31-3)10-16(32-4)19(25)21(18)33-24/h5-8,10-11H,9H2,1-4H3/t11-,24+/m1/s1. The number of halogens is 2. The highest BCUT2D eigenvalue weighted by atomic mass is 35.5. The highest BCUT2D eigenvalue weighted by molar-refractivity contribution is 6.36. The molecule has 2 aliphatic rings. The summed E-state index contributed by atoms with van der Waals surface area (Å²) in [5, 5.41) is 4.54. The van der Waals surface area contributed by atoms with Gasteiger partial charge in [-0.15, -0.1) is 0 Å². The molecule has 0 unspecified atom stereocenters. The number of aromatic nitrogens is 2. The largest absolute Gasteiger partial charge is 0.496 e. The number of benzene rings is 2. The number of ether oxygens (including phenoxy) is 3. The third kappa shape index (κ3) is 2.70. The van der Waals surface area contributed by atoms with Crippen molar-refractivity contribution in [1.82, 2.24) is 9.78 Å². The molecule has 0 amide bonds. The van der Waals surface area contributed by atoms with Crippen LogP contribution in [-0.4, -0.2) is 41.2 Å². The maximum atomic E-state index is 14.7. The Bertz CT molecular complexity index is 1350. The molecule has 1 aromatic heterocycles. The summed E-state index contributed by atoms with van der Waals surface area (Å²) in [7, 11) is 4.47. The summed E-state index contributed by atoms with van der Waals surface area (Å²) in [6.45, 7) is 1.75. The molecule has 2 heterocycles. The van der Waals surface area contributed by atoms with Crippen molar-refractivity contribution >= 4 is 23.2 Å². The molecule has 0 fully saturated rings. The number of hydrogen-bond donors (Lipinski definition) is 0. The minimum Gasteiger partial charge on any atom is -0.496 e. The van der Waals surface area contributed by atoms with Gasteiger partial charge < -0.3 is 14.2 Å². The number of carbonyl (C=O) groups is 2. The zero-order chi connectivity index (χ0) is 23.7. The van der Waals surface area contributed by atoms with Gasteiger partial charge in [0.1, 0.15) is 27.9 Å². The Balaban J connectivity index is 1.73. The first-order valence-corrected chi connectivity index (χ1v) is 10.7. The number of ketones is 2. The second-order valence-corrected chi connectivity index (χ2v) is 8.55. The van der Waals surface area contributed by atoms with Crippen LogP contribution in [0.5, 0.6) is 17.2 Å². The number of nitrogens with zero attached hydrogens (tertiary/aromatic N) is 2. The lowest BCUT2D eigenvalue weighted by atomic mass is 9.71. The van der Waals surface area contributed by atoms with Crippen LogP contribution in [0.2, 0.25) is 5.02 Å². The molecule has 0 N–H and O–H groups in total. The third-order valence-corrected chi connectivity index (χ3v) is 6.78. The van der Waals surface area contributed by atoms with Gasteiger partial charge in [-0.25, -0.2) is 4.39 Å². The Labute approximate surface area is 194 Å². The van der Waals surface area contributed by atoms with E-state index < -0.39 is 28.9 Å². The van der Waals surface area contributed by atoms with Gasteiger partial charge in [0.15, 0.2) is 5.75 Å². The second-order valence-electron chi connectivity index (χ2n) is 8.17. The van der Waals surface area contributed by atoms with Crippen LogP contribution < -0.4 is 14.2 Å². The van der Waals surface area contributed by atoms with Gasteiger partial charge in [-0.05, 0) is 18.6 Å². The molecular formula is C24H20ClFN2O5. The molecular weight excluding hydrogens is 451 g/mol. The zero-order valence-corrected chi connectivity index (χ0v) is 19.1. The monoisotopic (exact) mass is 470 g/mol. The van der Waals surface area contributed by atoms with Crippen LogP contribution in [0.15, 0.2) is 30.3 Å². The molecule has 1 aliphatic heterocycles. The summed E-state index contributed by atoms with van der Waals surface area (Å²) in [6, 6.07) is 7.61. The first-order valence-electron chi connectivity index (χ1n) is 10.3. The fourth-order valence-electron chi connectivity index (χ4n) is 4.84. The van der Waals surface area contributed by atoms with E-state index in [1.165, 1.54) is 31.0 Å². The van der Waals surface area contributed by atoms with Gasteiger partial charge in [-0.1, -0.05) is 30.7 Å². The van der Waals surface area contributed by atoms with Crippen LogP contribution in [-0.2, 0) is 13.5 Å². The average Bonchev–Trinajstić information content (AvgIpc) is 3.29. The predicted molar refractivity (Wildman–Crippen MR) is 118 cm³/mol. The molecule has 0 radical (unpaired) electrons. The van der Waals surface area contributed by atoms with E-state index in [1.54, 1.807) is 32.2 Å². The summed E-state index contributed by atoms with van der Waals surface area (Å²) in [5.41, 5.74) is -0.620. The van der Waals surface area contributed by atoms with Crippen molar-refractivity contribution < 1.29 is 28.2 Å². The van der Waals surface area contributed by atoms with Crippen LogP contribution in [0.4, 0.5) is 4.39 Å². The Hall–Kier alpha value is -3.39. The van der Waals surface area contributed by atoms with Crippen molar-refractivity contribution in [3.8, 4) is 28.5 Å². The Morgan fingerprint density at radius 1 is 1.15 bits per heavy atom. The van der Waals surface area contributed by atoms with E-state index in [0.29, 0.717) is 11.4 Å². The van der Waals surface area contributed by atoms with Crippen molar-refractivity contribution in [2.45, 2.75) is 18.9 Å². The molecule has 1 spiro atoms. The van der Waals surface area contributed by atoms with E-state index in [0.717, 1.165) is 0 Å². The van der Waals surface area contributed by atoms with Crippen molar-refractivity contribution in [2.75, 3.05) is 14.2 Å². The number of methoxy groups -OCH3 is 2. The van der Waals surface area contributed by atoms with E-state index in [-0.39, 0.29) is 45.4 Å². The maximum absolute atomic E-state index is 14.7. The lowest BCUT2D eigenvalue weighted by Crippen LogP contribution is -2.56. The van der Waals surface area contributed by atoms with Crippen molar-refractivity contribution in [2.24, 2.45) is 13.0 Å². The van der Waals surface area contributed by atoms with Gasteiger partial charge in [0.2, 0.25) is 17.2 Å². The molecule has 2 atom stereocenters. The number of carbonyl (C=O) groups excluding carboxylic acids is 2. The van der Waals surface area contributed by atoms with Crippen LogP contribution in [0, 0.1) is 11.7 Å². The molecule has 33 heavy (non-hydrogen) atoms. The first-order chi connectivity index (χ1) is 15.8. The van der Waals surface area contributed by atoms with Gasteiger partial charge in [0, 0.05) is 24.6 Å². The lowest BCUT2D eigenvalue weighted by molar-refractivity contribution is 0.0259. The highest BCUT2D eigenvalue weighted by Gasteiger charge is 2.62. The lowest BCUT2D eigenvalue weighted by Gasteiger charge is -2.35. The molecule has 5 rings (SSSR count). The number of aryl methyl sites for hydroxylation is 1. The van der Waals surface area contributed by atoms with E-state index in [1.807, 2.05) is 0 Å². The molecule has 3 aromatic rings. The van der Waals surface area contributed by atoms with Crippen molar-refractivity contribution in [3.05, 3.63) is 58.0 Å². The predicted octanol–water partition coefficient (Wildman–Crippen LogP) is 4.29. The van der Waals surface area contributed by atoms with E-state index in [9.17, 15) is 14.0 Å². The maximum Gasteiger partial charge on any atom is 0.237 e. The van der Waals surface area contributed by atoms with E-state index >= 15 is 0 Å². The minimum atomic E-state index is -1.87. The Morgan fingerprint density at radius 3 is 2.48 bits per heavy atom. The summed E-state index contributed by atoms with van der Waals surface area (Å²) in [6.07, 6.45) is 0.278. The number of Topliss-reactive ketones (excluding diaryl/α,β-unsaturated/α-hetero) is 2. The number of fused-ring (bicyclic) bond motifs is 2. The minimum absolute atomic E-state index is 0.0397. The van der Waals surface area contributed by atoms with Gasteiger partial charge >= 0.3 is 0 Å². The molecule has 9 heteroatoms. The van der Waals surface area contributed by atoms with Crippen LogP contribution in [0.1, 0.15) is 33.3 Å². The number of hydrogen-bond acceptors (Lipinski definition) is 6. The second kappa shape index (κ2) is 7.31. The number of rotatable bonds is 3. The van der Waals surface area contributed by atoms with Gasteiger partial charge in [0.05, 0.1) is 31.2 Å². The van der Waals surface area contributed by atoms with Gasteiger partial charge in [-0.3, -0.25) is 14.3 Å². The molecule has 0 saturated heterocycles. The summed E-state index contributed by atoms with van der Waals surface area (Å²) >= 11 is 6.46. The smallest absolute Gasteiger partial charge is 0.237 e. The van der Waals surface area contributed by atoms with Crippen molar-refractivity contribution in [3.63, 3.8) is 0 Å². The molecule has 1 aliphatic carbocycles. The zero-order valence-electron chi connectivity index (χ0n) is 18.4. The normalized spacial score (nSPS) is 21.1. The van der Waals surface area contributed by atoms with E-state index in [4.69, 9.17) is 25.8 Å². The summed E-state index contributed by atoms with van der Waals surface area (Å²) < 4.78 is 33.0. The third-order valence-electron chi connectivity index (χ3n) is 6.43. The van der Waals surface area contributed by atoms with Gasteiger partial charge in [-0.2, -0.15) is 5.10 Å². The van der Waals surface area contributed by atoms with Crippen LogP contribution in [0.25, 0.3) is 11.3 Å².